The number of carbonyl (C=O) groups excluding carboxylic acids is 1. The SMILES string of the molecule is CCNC(=S)CC(=O)Nc1ncnc2c1ncn2CC(=O)O. The highest BCUT2D eigenvalue weighted by Crippen LogP contribution is 2.17. The molecule has 0 unspecified atom stereocenters. The number of anilines is 1. The van der Waals surface area contributed by atoms with E-state index in [1.165, 1.54) is 17.2 Å². The van der Waals surface area contributed by atoms with Crippen molar-refractivity contribution in [3.8, 4) is 0 Å². The fourth-order valence-corrected chi connectivity index (χ4v) is 2.09. The number of aromatic nitrogens is 4. The van der Waals surface area contributed by atoms with Crippen LogP contribution in [0.2, 0.25) is 0 Å². The molecular weight excluding hydrogens is 308 g/mol. The molecule has 0 saturated heterocycles. The summed E-state index contributed by atoms with van der Waals surface area (Å²) in [5.74, 6) is -1.13. The summed E-state index contributed by atoms with van der Waals surface area (Å²) >= 11 is 5.00. The van der Waals surface area contributed by atoms with E-state index in [9.17, 15) is 9.59 Å². The highest BCUT2D eigenvalue weighted by molar-refractivity contribution is 7.80. The lowest BCUT2D eigenvalue weighted by Gasteiger charge is -2.07. The summed E-state index contributed by atoms with van der Waals surface area (Å²) in [5, 5.41) is 14.3. The molecule has 9 nitrogen and oxygen atoms in total. The molecule has 2 aromatic heterocycles. The summed E-state index contributed by atoms with van der Waals surface area (Å²) in [6.07, 6.45) is 2.61. The Morgan fingerprint density at radius 2 is 2.14 bits per heavy atom. The molecule has 0 aliphatic carbocycles. The van der Waals surface area contributed by atoms with Gasteiger partial charge in [-0.2, -0.15) is 0 Å². The average Bonchev–Trinajstić information content (AvgIpc) is 2.82. The zero-order valence-electron chi connectivity index (χ0n) is 11.7. The van der Waals surface area contributed by atoms with E-state index in [0.29, 0.717) is 22.7 Å². The molecule has 0 aromatic carbocycles. The molecule has 2 rings (SSSR count). The number of aliphatic carboxylic acids is 1. The molecule has 2 heterocycles. The first-order valence-corrected chi connectivity index (χ1v) is 6.86. The number of hydrogen-bond donors (Lipinski definition) is 3. The Morgan fingerprint density at radius 3 is 2.82 bits per heavy atom. The number of imidazole rings is 1. The first kappa shape index (κ1) is 15.8. The Hall–Kier alpha value is -2.62. The maximum atomic E-state index is 11.9. The van der Waals surface area contributed by atoms with E-state index in [4.69, 9.17) is 17.3 Å². The summed E-state index contributed by atoms with van der Waals surface area (Å²) in [5.41, 5.74) is 0.661. The highest BCUT2D eigenvalue weighted by Gasteiger charge is 2.14. The van der Waals surface area contributed by atoms with Crippen LogP contribution in [0, 0.1) is 0 Å². The van der Waals surface area contributed by atoms with Gasteiger partial charge >= 0.3 is 5.97 Å². The average molecular weight is 322 g/mol. The van der Waals surface area contributed by atoms with Crippen LogP contribution in [-0.4, -0.2) is 48.0 Å². The number of carbonyl (C=O) groups is 2. The van der Waals surface area contributed by atoms with Gasteiger partial charge in [-0.15, -0.1) is 0 Å². The topological polar surface area (TPSA) is 122 Å². The van der Waals surface area contributed by atoms with Gasteiger partial charge in [0.2, 0.25) is 5.91 Å². The smallest absolute Gasteiger partial charge is 0.323 e. The zero-order valence-corrected chi connectivity index (χ0v) is 12.6. The van der Waals surface area contributed by atoms with Gasteiger partial charge in [-0.1, -0.05) is 12.2 Å². The summed E-state index contributed by atoms with van der Waals surface area (Å²) in [6.45, 7) is 2.25. The van der Waals surface area contributed by atoms with Gasteiger partial charge in [-0.05, 0) is 6.92 Å². The Bertz CT molecular complexity index is 729. The van der Waals surface area contributed by atoms with Crippen LogP contribution in [0.1, 0.15) is 13.3 Å². The molecule has 1 amide bonds. The van der Waals surface area contributed by atoms with Gasteiger partial charge < -0.3 is 20.3 Å². The van der Waals surface area contributed by atoms with Gasteiger partial charge in [0.15, 0.2) is 17.0 Å². The first-order chi connectivity index (χ1) is 10.5. The molecule has 0 atom stereocenters. The number of nitrogens with one attached hydrogen (secondary N) is 2. The third-order valence-electron chi connectivity index (χ3n) is 2.66. The molecule has 0 aliphatic heterocycles. The number of rotatable bonds is 6. The van der Waals surface area contributed by atoms with Crippen LogP contribution in [0.15, 0.2) is 12.7 Å². The summed E-state index contributed by atoms with van der Waals surface area (Å²) in [7, 11) is 0. The van der Waals surface area contributed by atoms with Crippen molar-refractivity contribution in [2.45, 2.75) is 19.9 Å². The fraction of sp³-hybridized carbons (Fsp3) is 0.333. The normalized spacial score (nSPS) is 10.4. The summed E-state index contributed by atoms with van der Waals surface area (Å²) in [4.78, 5) is 35.1. The maximum absolute atomic E-state index is 11.9. The second-order valence-electron chi connectivity index (χ2n) is 4.34. The van der Waals surface area contributed by atoms with Crippen molar-refractivity contribution in [3.05, 3.63) is 12.7 Å². The molecule has 0 fully saturated rings. The van der Waals surface area contributed by atoms with E-state index in [2.05, 4.69) is 25.6 Å². The minimum absolute atomic E-state index is 0.0322. The molecular formula is C12H14N6O3S. The number of thiocarbonyl (C=S) groups is 1. The predicted octanol–water partition coefficient (Wildman–Crippen LogP) is 0.176. The quantitative estimate of drug-likeness (QED) is 0.644. The van der Waals surface area contributed by atoms with E-state index in [0.717, 1.165) is 0 Å². The largest absolute Gasteiger partial charge is 0.480 e. The number of carboxylic acid groups (broad SMARTS) is 1. The number of hydrogen-bond acceptors (Lipinski definition) is 6. The van der Waals surface area contributed by atoms with Crippen LogP contribution < -0.4 is 10.6 Å². The number of nitrogens with zero attached hydrogens (tertiary/aromatic N) is 4. The molecule has 10 heteroatoms. The van der Waals surface area contributed by atoms with Crippen molar-refractivity contribution >= 4 is 46.1 Å². The van der Waals surface area contributed by atoms with Crippen LogP contribution in [0.3, 0.4) is 0 Å². The van der Waals surface area contributed by atoms with Gasteiger partial charge in [-0.25, -0.2) is 15.0 Å². The van der Waals surface area contributed by atoms with E-state index < -0.39 is 5.97 Å². The van der Waals surface area contributed by atoms with E-state index in [-0.39, 0.29) is 24.7 Å². The second kappa shape index (κ2) is 6.89. The molecule has 0 radical (unpaired) electrons. The second-order valence-corrected chi connectivity index (χ2v) is 4.83. The van der Waals surface area contributed by atoms with Crippen LogP contribution in [-0.2, 0) is 16.1 Å². The molecule has 2 aromatic rings. The highest BCUT2D eigenvalue weighted by atomic mass is 32.1. The van der Waals surface area contributed by atoms with Crippen molar-refractivity contribution in [3.63, 3.8) is 0 Å². The standard InChI is InChI=1S/C12H14N6O3S/c1-2-13-8(22)3-7(19)17-11-10-12(15-5-14-11)18(6-16-10)4-9(20)21/h5-6H,2-4H2,1H3,(H,13,22)(H,20,21)(H,14,15,17,19). The van der Waals surface area contributed by atoms with Gasteiger partial charge in [-0.3, -0.25) is 9.59 Å². The number of carboxylic acids is 1. The summed E-state index contributed by atoms with van der Waals surface area (Å²) in [6, 6.07) is 0. The van der Waals surface area contributed by atoms with E-state index >= 15 is 0 Å². The van der Waals surface area contributed by atoms with Crippen LogP contribution >= 0.6 is 12.2 Å². The Labute approximate surface area is 130 Å². The lowest BCUT2D eigenvalue weighted by Crippen LogP contribution is -2.26. The monoisotopic (exact) mass is 322 g/mol. The van der Waals surface area contributed by atoms with Crippen molar-refractivity contribution in [1.82, 2.24) is 24.8 Å². The lowest BCUT2D eigenvalue weighted by atomic mass is 10.3. The third kappa shape index (κ3) is 3.73. The third-order valence-corrected chi connectivity index (χ3v) is 2.95. The molecule has 0 spiro atoms. The fourth-order valence-electron chi connectivity index (χ4n) is 1.82. The first-order valence-electron chi connectivity index (χ1n) is 6.45. The number of amides is 1. The Kier molecular flexibility index (Phi) is 4.94. The summed E-state index contributed by atoms with van der Waals surface area (Å²) < 4.78 is 1.36. The van der Waals surface area contributed by atoms with Gasteiger partial charge in [0.25, 0.3) is 0 Å². The molecule has 116 valence electrons. The van der Waals surface area contributed by atoms with Crippen LogP contribution in [0.5, 0.6) is 0 Å². The molecule has 0 saturated carbocycles. The predicted molar refractivity (Wildman–Crippen MR) is 82.5 cm³/mol. The van der Waals surface area contributed by atoms with Crippen molar-refractivity contribution in [1.29, 1.82) is 0 Å². The van der Waals surface area contributed by atoms with Gasteiger partial charge in [0, 0.05) is 6.54 Å². The number of fused-ring (bicyclic) bond motifs is 1. The zero-order chi connectivity index (χ0) is 16.1. The molecule has 0 bridgehead atoms. The van der Waals surface area contributed by atoms with Crippen molar-refractivity contribution < 1.29 is 14.7 Å². The Balaban J connectivity index is 2.18. The minimum Gasteiger partial charge on any atom is -0.480 e. The van der Waals surface area contributed by atoms with E-state index in [1.807, 2.05) is 6.92 Å². The maximum Gasteiger partial charge on any atom is 0.323 e. The molecule has 0 aliphatic rings. The van der Waals surface area contributed by atoms with Crippen LogP contribution in [0.4, 0.5) is 5.82 Å². The molecule has 3 N–H and O–H groups in total. The van der Waals surface area contributed by atoms with Crippen LogP contribution in [0.25, 0.3) is 11.2 Å². The lowest BCUT2D eigenvalue weighted by molar-refractivity contribution is -0.137. The van der Waals surface area contributed by atoms with Crippen molar-refractivity contribution in [2.75, 3.05) is 11.9 Å². The van der Waals surface area contributed by atoms with Crippen molar-refractivity contribution in [2.24, 2.45) is 0 Å². The van der Waals surface area contributed by atoms with E-state index in [1.54, 1.807) is 0 Å². The van der Waals surface area contributed by atoms with Gasteiger partial charge in [0.05, 0.1) is 17.7 Å². The molecule has 22 heavy (non-hydrogen) atoms. The van der Waals surface area contributed by atoms with Gasteiger partial charge in [0.1, 0.15) is 12.9 Å². The Morgan fingerprint density at radius 1 is 1.36 bits per heavy atom. The minimum atomic E-state index is -1.01.